The van der Waals surface area contributed by atoms with Crippen molar-refractivity contribution in [3.8, 4) is 0 Å². The van der Waals surface area contributed by atoms with E-state index in [9.17, 15) is 29.8 Å². The van der Waals surface area contributed by atoms with Crippen molar-refractivity contribution in [2.24, 2.45) is 11.8 Å². The summed E-state index contributed by atoms with van der Waals surface area (Å²) in [4.78, 5) is 47.8. The third-order valence-corrected chi connectivity index (χ3v) is 8.06. The lowest BCUT2D eigenvalue weighted by atomic mass is 9.29. The Kier molecular flexibility index (Phi) is 4.51. The van der Waals surface area contributed by atoms with Crippen molar-refractivity contribution in [1.29, 1.82) is 0 Å². The van der Waals surface area contributed by atoms with Crippen LogP contribution in [0.15, 0.2) is 48.5 Å². The Morgan fingerprint density at radius 1 is 0.656 bits per heavy atom. The van der Waals surface area contributed by atoms with Crippen LogP contribution < -0.4 is 0 Å². The van der Waals surface area contributed by atoms with Gasteiger partial charge in [0, 0.05) is 59.8 Å². The molecule has 0 amide bonds. The zero-order valence-electron chi connectivity index (χ0n) is 17.4. The number of non-ortho nitro benzene ring substituents is 2. The van der Waals surface area contributed by atoms with Crippen LogP contribution in [0.3, 0.4) is 0 Å². The highest BCUT2D eigenvalue weighted by Crippen LogP contribution is 2.73. The molecule has 3 aliphatic rings. The Labute approximate surface area is 183 Å². The van der Waals surface area contributed by atoms with E-state index >= 15 is 0 Å². The molecule has 164 valence electrons. The summed E-state index contributed by atoms with van der Waals surface area (Å²) in [5.74, 6) is -0.763. The number of benzene rings is 2. The van der Waals surface area contributed by atoms with Crippen LogP contribution in [-0.4, -0.2) is 21.4 Å². The predicted molar refractivity (Wildman–Crippen MR) is 114 cm³/mol. The molecule has 8 heteroatoms. The maximum Gasteiger partial charge on any atom is 0.269 e. The van der Waals surface area contributed by atoms with Gasteiger partial charge in [-0.25, -0.2) is 0 Å². The summed E-state index contributed by atoms with van der Waals surface area (Å²) in [6.45, 7) is 0. The van der Waals surface area contributed by atoms with E-state index in [2.05, 4.69) is 0 Å². The maximum atomic E-state index is 13.2. The molecule has 3 fully saturated rings. The molecule has 0 spiro atoms. The quantitative estimate of drug-likeness (QED) is 0.518. The fourth-order valence-electron chi connectivity index (χ4n) is 7.02. The van der Waals surface area contributed by atoms with Gasteiger partial charge in [0.2, 0.25) is 0 Å². The summed E-state index contributed by atoms with van der Waals surface area (Å²) in [5, 5.41) is 22.4. The Balaban J connectivity index is 1.73. The van der Waals surface area contributed by atoms with Crippen LogP contribution in [0, 0.1) is 32.1 Å². The minimum Gasteiger partial charge on any atom is -0.299 e. The smallest absolute Gasteiger partial charge is 0.269 e. The second-order valence-corrected chi connectivity index (χ2v) is 9.15. The van der Waals surface area contributed by atoms with Crippen molar-refractivity contribution in [3.05, 3.63) is 79.9 Å². The monoisotopic (exact) mass is 434 g/mol. The molecule has 0 bridgehead atoms. The maximum absolute atomic E-state index is 13.2. The summed E-state index contributed by atoms with van der Waals surface area (Å²) in [6.07, 6.45) is 3.62. The largest absolute Gasteiger partial charge is 0.299 e. The first-order chi connectivity index (χ1) is 15.3. The summed E-state index contributed by atoms with van der Waals surface area (Å²) >= 11 is 0. The van der Waals surface area contributed by atoms with E-state index < -0.39 is 32.5 Å². The molecule has 8 nitrogen and oxygen atoms in total. The third kappa shape index (κ3) is 2.49. The lowest BCUT2D eigenvalue weighted by Gasteiger charge is -2.72. The molecule has 0 heterocycles. The van der Waals surface area contributed by atoms with Gasteiger partial charge in [0.05, 0.1) is 9.85 Å². The van der Waals surface area contributed by atoms with E-state index in [0.29, 0.717) is 38.5 Å². The van der Waals surface area contributed by atoms with Crippen LogP contribution in [0.2, 0.25) is 0 Å². The SMILES string of the molecule is O=C1CCC[C@@]2(c3ccc([N+](=O)[O-])cc3)[C@H]1[C@@H]1C(=O)CCC[C@@]12c1ccc([N+](=O)[O-])cc1. The average molecular weight is 434 g/mol. The number of nitro benzene ring substituents is 2. The van der Waals surface area contributed by atoms with Gasteiger partial charge in [-0.05, 0) is 36.8 Å². The number of nitrogens with zero attached hydrogens (tertiary/aromatic N) is 2. The number of hydrogen-bond acceptors (Lipinski definition) is 6. The van der Waals surface area contributed by atoms with Crippen LogP contribution in [0.4, 0.5) is 11.4 Å². The van der Waals surface area contributed by atoms with Crippen molar-refractivity contribution < 1.29 is 19.4 Å². The minimum atomic E-state index is -0.645. The molecule has 3 aliphatic carbocycles. The molecule has 0 aliphatic heterocycles. The van der Waals surface area contributed by atoms with Gasteiger partial charge in [0.1, 0.15) is 11.6 Å². The van der Waals surface area contributed by atoms with Gasteiger partial charge in [-0.1, -0.05) is 24.3 Å². The predicted octanol–water partition coefficient (Wildman–Crippen LogP) is 4.43. The number of nitro groups is 2. The molecule has 3 saturated carbocycles. The first kappa shape index (κ1) is 20.5. The number of fused-ring (bicyclic) bond motifs is 4. The number of carbonyl (C=O) groups excluding carboxylic acids is 2. The topological polar surface area (TPSA) is 120 Å². The minimum absolute atomic E-state index is 0.0242. The zero-order valence-corrected chi connectivity index (χ0v) is 17.4. The Morgan fingerprint density at radius 3 is 1.31 bits per heavy atom. The van der Waals surface area contributed by atoms with E-state index in [4.69, 9.17) is 0 Å². The average Bonchev–Trinajstić information content (AvgIpc) is 2.77. The van der Waals surface area contributed by atoms with Gasteiger partial charge < -0.3 is 0 Å². The fourth-order valence-corrected chi connectivity index (χ4v) is 7.02. The highest BCUT2D eigenvalue weighted by molar-refractivity contribution is 5.97. The fraction of sp³-hybridized carbons (Fsp3) is 0.417. The molecule has 2 aromatic carbocycles. The molecule has 4 atom stereocenters. The van der Waals surface area contributed by atoms with Gasteiger partial charge in [0.25, 0.3) is 11.4 Å². The van der Waals surface area contributed by atoms with Crippen molar-refractivity contribution in [2.75, 3.05) is 0 Å². The van der Waals surface area contributed by atoms with Crippen LogP contribution in [0.25, 0.3) is 0 Å². The highest BCUT2D eigenvalue weighted by Gasteiger charge is 2.76. The lowest BCUT2D eigenvalue weighted by molar-refractivity contribution is -0.385. The molecule has 0 unspecified atom stereocenters. The molecular formula is C24H22N2O6. The molecule has 0 saturated heterocycles. The molecule has 0 aromatic heterocycles. The highest BCUT2D eigenvalue weighted by atomic mass is 16.6. The second kappa shape index (κ2) is 7.05. The number of Topliss-reactive ketones (excluding diaryl/α,β-unsaturated/α-hetero) is 2. The first-order valence-corrected chi connectivity index (χ1v) is 10.9. The molecule has 0 radical (unpaired) electrons. The van der Waals surface area contributed by atoms with E-state index in [1.807, 2.05) is 0 Å². The van der Waals surface area contributed by atoms with Gasteiger partial charge in [-0.15, -0.1) is 0 Å². The van der Waals surface area contributed by atoms with Crippen molar-refractivity contribution in [3.63, 3.8) is 0 Å². The first-order valence-electron chi connectivity index (χ1n) is 10.9. The van der Waals surface area contributed by atoms with Gasteiger partial charge in [0.15, 0.2) is 0 Å². The van der Waals surface area contributed by atoms with Crippen LogP contribution in [0.1, 0.15) is 49.7 Å². The van der Waals surface area contributed by atoms with Crippen molar-refractivity contribution in [1.82, 2.24) is 0 Å². The number of hydrogen-bond donors (Lipinski definition) is 0. The van der Waals surface area contributed by atoms with Gasteiger partial charge in [-0.3, -0.25) is 29.8 Å². The van der Waals surface area contributed by atoms with E-state index in [1.165, 1.54) is 24.3 Å². The van der Waals surface area contributed by atoms with Gasteiger partial charge >= 0.3 is 0 Å². The zero-order chi connectivity index (χ0) is 22.7. The van der Waals surface area contributed by atoms with Crippen LogP contribution in [0.5, 0.6) is 0 Å². The standard InChI is InChI=1S/C24H22N2O6/c27-19-3-1-13-23(15-5-9-17(10-6-15)25(29)30)21(19)22-20(28)4-2-14-24(22,23)16-7-11-18(12-8-16)26(31)32/h5-12,21-22H,1-4,13-14H2/t21-,22+,23-,24-/m1/s1. The second-order valence-electron chi connectivity index (χ2n) is 9.15. The van der Waals surface area contributed by atoms with Gasteiger partial charge in [-0.2, -0.15) is 0 Å². The van der Waals surface area contributed by atoms with E-state index in [0.717, 1.165) is 11.1 Å². The molecule has 32 heavy (non-hydrogen) atoms. The summed E-state index contributed by atoms with van der Waals surface area (Å²) in [6, 6.07) is 12.8. The lowest BCUT2D eigenvalue weighted by Crippen LogP contribution is -2.76. The van der Waals surface area contributed by atoms with E-state index in [-0.39, 0.29) is 22.9 Å². The number of ketones is 2. The van der Waals surface area contributed by atoms with Crippen LogP contribution >= 0.6 is 0 Å². The Hall–Kier alpha value is -3.42. The van der Waals surface area contributed by atoms with Crippen molar-refractivity contribution in [2.45, 2.75) is 49.4 Å². The summed E-state index contributed by atoms with van der Waals surface area (Å²) in [5.41, 5.74) is 0.339. The Morgan fingerprint density at radius 2 is 1.00 bits per heavy atom. The van der Waals surface area contributed by atoms with E-state index in [1.54, 1.807) is 24.3 Å². The Bertz CT molecular complexity index is 1050. The third-order valence-electron chi connectivity index (χ3n) is 8.06. The number of carbonyl (C=O) groups is 2. The summed E-state index contributed by atoms with van der Waals surface area (Å²) < 4.78 is 0. The van der Waals surface area contributed by atoms with Crippen LogP contribution in [-0.2, 0) is 20.4 Å². The molecule has 5 rings (SSSR count). The number of rotatable bonds is 4. The normalized spacial score (nSPS) is 31.2. The summed E-state index contributed by atoms with van der Waals surface area (Å²) in [7, 11) is 0. The van der Waals surface area contributed by atoms with Crippen molar-refractivity contribution >= 4 is 22.9 Å². The molecule has 2 aromatic rings. The molecular weight excluding hydrogens is 412 g/mol. The molecule has 0 N–H and O–H groups in total.